The van der Waals surface area contributed by atoms with Gasteiger partial charge in [0, 0.05) is 24.8 Å². The van der Waals surface area contributed by atoms with E-state index in [1.807, 2.05) is 6.92 Å². The van der Waals surface area contributed by atoms with E-state index in [9.17, 15) is 14.7 Å². The van der Waals surface area contributed by atoms with Crippen molar-refractivity contribution in [3.63, 3.8) is 0 Å². The molecule has 0 radical (unpaired) electrons. The Morgan fingerprint density at radius 2 is 2.13 bits per heavy atom. The number of aliphatic hydroxyl groups excluding tert-OH is 1. The lowest BCUT2D eigenvalue weighted by Crippen LogP contribution is -2.38. The summed E-state index contributed by atoms with van der Waals surface area (Å²) >= 11 is 0. The third kappa shape index (κ3) is 3.72. The second-order valence-corrected chi connectivity index (χ2v) is 5.90. The molecule has 0 bridgehead atoms. The lowest BCUT2D eigenvalue weighted by Gasteiger charge is -2.23. The zero-order valence-corrected chi connectivity index (χ0v) is 13.8. The van der Waals surface area contributed by atoms with Crippen LogP contribution in [0.4, 0.5) is 0 Å². The van der Waals surface area contributed by atoms with Crippen molar-refractivity contribution in [3.8, 4) is 0 Å². The van der Waals surface area contributed by atoms with Crippen LogP contribution in [-0.2, 0) is 14.2 Å². The molecule has 2 rings (SSSR count). The van der Waals surface area contributed by atoms with E-state index in [1.54, 1.807) is 21.0 Å². The Bertz CT molecular complexity index is 638. The van der Waals surface area contributed by atoms with E-state index in [2.05, 4.69) is 4.98 Å². The predicted octanol–water partition coefficient (Wildman–Crippen LogP) is -0.209. The van der Waals surface area contributed by atoms with Gasteiger partial charge in [-0.3, -0.25) is 14.3 Å². The van der Waals surface area contributed by atoms with Gasteiger partial charge < -0.3 is 19.3 Å². The summed E-state index contributed by atoms with van der Waals surface area (Å²) in [5.41, 5.74) is -0.595. The van der Waals surface area contributed by atoms with Crippen molar-refractivity contribution < 1.29 is 19.3 Å². The van der Waals surface area contributed by atoms with Crippen LogP contribution in [-0.4, -0.2) is 53.3 Å². The van der Waals surface area contributed by atoms with E-state index in [0.29, 0.717) is 18.8 Å². The summed E-state index contributed by atoms with van der Waals surface area (Å²) in [4.78, 5) is 25.9. The van der Waals surface area contributed by atoms with Gasteiger partial charge >= 0.3 is 5.69 Å². The van der Waals surface area contributed by atoms with Gasteiger partial charge in [0.15, 0.2) is 6.23 Å². The standard InChI is InChI=1S/C15H24N2O6/c1-8-7-17(15(20)16-13(8)19)14-12(22-6-5-21-4)9(2)11(23-14)10(3)18/h7,9-12,14,18H,5-6H2,1-4H3,(H,16,19,20)/t9-,10-,11+,12-,14-/m1/s1. The Kier molecular flexibility index (Phi) is 5.74. The van der Waals surface area contributed by atoms with Crippen LogP contribution in [0.2, 0.25) is 0 Å². The van der Waals surface area contributed by atoms with Crippen LogP contribution in [0, 0.1) is 12.8 Å². The van der Waals surface area contributed by atoms with Crippen molar-refractivity contribution >= 4 is 0 Å². The van der Waals surface area contributed by atoms with Crippen LogP contribution < -0.4 is 11.2 Å². The monoisotopic (exact) mass is 328 g/mol. The molecule has 2 heterocycles. The fourth-order valence-corrected chi connectivity index (χ4v) is 2.86. The fraction of sp³-hybridized carbons (Fsp3) is 0.733. The van der Waals surface area contributed by atoms with Crippen molar-refractivity contribution in [1.29, 1.82) is 0 Å². The molecule has 1 aliphatic rings. The normalized spacial score (nSPS) is 28.9. The highest BCUT2D eigenvalue weighted by Gasteiger charge is 2.46. The molecule has 1 aromatic rings. The third-order valence-corrected chi connectivity index (χ3v) is 4.11. The number of ether oxygens (including phenoxy) is 3. The lowest BCUT2D eigenvalue weighted by molar-refractivity contribution is -0.0902. The Morgan fingerprint density at radius 1 is 1.43 bits per heavy atom. The topological polar surface area (TPSA) is 103 Å². The Hall–Kier alpha value is -1.48. The molecule has 2 N–H and O–H groups in total. The van der Waals surface area contributed by atoms with Gasteiger partial charge in [0.05, 0.1) is 25.4 Å². The summed E-state index contributed by atoms with van der Waals surface area (Å²) in [5.74, 6) is -0.129. The molecule has 0 unspecified atom stereocenters. The van der Waals surface area contributed by atoms with Gasteiger partial charge in [-0.2, -0.15) is 0 Å². The van der Waals surface area contributed by atoms with E-state index in [1.165, 1.54) is 10.8 Å². The number of hydrogen-bond acceptors (Lipinski definition) is 6. The van der Waals surface area contributed by atoms with E-state index < -0.39 is 35.8 Å². The molecule has 0 spiro atoms. The van der Waals surface area contributed by atoms with Gasteiger partial charge in [-0.1, -0.05) is 6.92 Å². The molecule has 8 nitrogen and oxygen atoms in total. The summed E-state index contributed by atoms with van der Waals surface area (Å²) in [6.07, 6.45) is -0.873. The van der Waals surface area contributed by atoms with Gasteiger partial charge in [0.25, 0.3) is 5.56 Å². The number of aliphatic hydroxyl groups is 1. The summed E-state index contributed by atoms with van der Waals surface area (Å²) < 4.78 is 18.0. The summed E-state index contributed by atoms with van der Waals surface area (Å²) in [7, 11) is 1.57. The molecular weight excluding hydrogens is 304 g/mol. The molecule has 0 aliphatic carbocycles. The molecule has 8 heteroatoms. The van der Waals surface area contributed by atoms with Gasteiger partial charge in [0.2, 0.25) is 0 Å². The van der Waals surface area contributed by atoms with Crippen molar-refractivity contribution in [2.24, 2.45) is 5.92 Å². The third-order valence-electron chi connectivity index (χ3n) is 4.11. The maximum atomic E-state index is 12.1. The second kappa shape index (κ2) is 7.39. The van der Waals surface area contributed by atoms with E-state index >= 15 is 0 Å². The number of methoxy groups -OCH3 is 1. The quantitative estimate of drug-likeness (QED) is 0.701. The first-order chi connectivity index (χ1) is 10.9. The predicted molar refractivity (Wildman–Crippen MR) is 82.4 cm³/mol. The molecule has 1 aliphatic heterocycles. The number of nitrogens with one attached hydrogen (secondary N) is 1. The first-order valence-corrected chi connectivity index (χ1v) is 7.63. The highest BCUT2D eigenvalue weighted by molar-refractivity contribution is 5.03. The minimum absolute atomic E-state index is 0.129. The largest absolute Gasteiger partial charge is 0.391 e. The SMILES string of the molecule is COCCO[C@@H]1[C@H](C)[C@@H]([C@@H](C)O)O[C@H]1n1cc(C)c(=O)[nH]c1=O. The van der Waals surface area contributed by atoms with Gasteiger partial charge in [-0.25, -0.2) is 4.79 Å². The smallest absolute Gasteiger partial charge is 0.330 e. The van der Waals surface area contributed by atoms with Crippen LogP contribution in [0.1, 0.15) is 25.6 Å². The van der Waals surface area contributed by atoms with Crippen LogP contribution in [0.3, 0.4) is 0 Å². The van der Waals surface area contributed by atoms with Crippen LogP contribution >= 0.6 is 0 Å². The average molecular weight is 328 g/mol. The number of rotatable bonds is 6. The van der Waals surface area contributed by atoms with E-state index in [-0.39, 0.29) is 5.92 Å². The molecule has 23 heavy (non-hydrogen) atoms. The number of aryl methyl sites for hydroxylation is 1. The van der Waals surface area contributed by atoms with Crippen molar-refractivity contribution in [1.82, 2.24) is 9.55 Å². The molecule has 1 aromatic heterocycles. The minimum atomic E-state index is -0.718. The van der Waals surface area contributed by atoms with E-state index in [4.69, 9.17) is 14.2 Å². The summed E-state index contributed by atoms with van der Waals surface area (Å²) in [6.45, 7) is 5.90. The molecular formula is C15H24N2O6. The van der Waals surface area contributed by atoms with Crippen molar-refractivity contribution in [2.45, 2.75) is 45.3 Å². The van der Waals surface area contributed by atoms with Gasteiger partial charge in [0.1, 0.15) is 6.10 Å². The molecule has 0 amide bonds. The minimum Gasteiger partial charge on any atom is -0.391 e. The number of hydrogen-bond donors (Lipinski definition) is 2. The number of nitrogens with zero attached hydrogens (tertiary/aromatic N) is 1. The van der Waals surface area contributed by atoms with Crippen LogP contribution in [0.15, 0.2) is 15.8 Å². The van der Waals surface area contributed by atoms with Crippen molar-refractivity contribution in [3.05, 3.63) is 32.6 Å². The fourth-order valence-electron chi connectivity index (χ4n) is 2.86. The highest BCUT2D eigenvalue weighted by Crippen LogP contribution is 2.36. The van der Waals surface area contributed by atoms with Crippen LogP contribution in [0.25, 0.3) is 0 Å². The molecule has 1 saturated heterocycles. The zero-order chi connectivity index (χ0) is 17.1. The molecule has 130 valence electrons. The Balaban J connectivity index is 2.34. The number of H-pyrrole nitrogens is 1. The van der Waals surface area contributed by atoms with Crippen LogP contribution in [0.5, 0.6) is 0 Å². The number of aromatic amines is 1. The molecule has 0 aromatic carbocycles. The maximum Gasteiger partial charge on any atom is 0.330 e. The van der Waals surface area contributed by atoms with Gasteiger partial charge in [-0.15, -0.1) is 0 Å². The van der Waals surface area contributed by atoms with Gasteiger partial charge in [-0.05, 0) is 13.8 Å². The first-order valence-electron chi connectivity index (χ1n) is 7.63. The molecule has 1 fully saturated rings. The first kappa shape index (κ1) is 17.9. The maximum absolute atomic E-state index is 12.1. The van der Waals surface area contributed by atoms with E-state index in [0.717, 1.165) is 0 Å². The van der Waals surface area contributed by atoms with Crippen molar-refractivity contribution in [2.75, 3.05) is 20.3 Å². The molecule has 5 atom stereocenters. The number of aromatic nitrogens is 2. The Morgan fingerprint density at radius 3 is 2.74 bits per heavy atom. The summed E-state index contributed by atoms with van der Waals surface area (Å²) in [5, 5.41) is 9.89. The Labute approximate surface area is 134 Å². The second-order valence-electron chi connectivity index (χ2n) is 5.90. The lowest BCUT2D eigenvalue weighted by atomic mass is 9.97. The zero-order valence-electron chi connectivity index (χ0n) is 13.8. The summed E-state index contributed by atoms with van der Waals surface area (Å²) in [6, 6.07) is 0. The molecule has 0 saturated carbocycles. The highest BCUT2D eigenvalue weighted by atomic mass is 16.6. The average Bonchev–Trinajstić information content (AvgIpc) is 2.81.